The van der Waals surface area contributed by atoms with E-state index in [4.69, 9.17) is 9.47 Å². The summed E-state index contributed by atoms with van der Waals surface area (Å²) in [4.78, 5) is 11.0. The lowest BCUT2D eigenvalue weighted by molar-refractivity contribution is 0.373. The number of hydrogen-bond donors (Lipinski definition) is 1. The van der Waals surface area contributed by atoms with Gasteiger partial charge in [-0.15, -0.1) is 11.3 Å². The van der Waals surface area contributed by atoms with E-state index in [2.05, 4.69) is 35.2 Å². The first-order valence-electron chi connectivity index (χ1n) is 5.89. The van der Waals surface area contributed by atoms with Crippen molar-refractivity contribution < 1.29 is 9.47 Å². The molecule has 0 aliphatic heterocycles. The van der Waals surface area contributed by atoms with E-state index in [1.807, 2.05) is 0 Å². The first-order chi connectivity index (χ1) is 9.12. The lowest BCUT2D eigenvalue weighted by Crippen LogP contribution is -2.04. The van der Waals surface area contributed by atoms with Crippen LogP contribution in [0.1, 0.15) is 15.3 Å². The van der Waals surface area contributed by atoms with Crippen LogP contribution in [0.5, 0.6) is 11.8 Å². The molecule has 0 unspecified atom stereocenters. The van der Waals surface area contributed by atoms with Crippen LogP contribution in [0, 0.1) is 13.8 Å². The molecule has 0 bridgehead atoms. The van der Waals surface area contributed by atoms with Gasteiger partial charge in [0.15, 0.2) is 0 Å². The van der Waals surface area contributed by atoms with Gasteiger partial charge < -0.3 is 14.8 Å². The predicted molar refractivity (Wildman–Crippen MR) is 76.3 cm³/mol. The second-order valence-corrected chi connectivity index (χ2v) is 5.42. The van der Waals surface area contributed by atoms with Crippen LogP contribution in [0.4, 0.5) is 5.95 Å². The molecular weight excluding hydrogens is 262 g/mol. The lowest BCUT2D eigenvalue weighted by atomic mass is 10.3. The number of nitrogens with zero attached hydrogens (tertiary/aromatic N) is 2. The van der Waals surface area contributed by atoms with Crippen LogP contribution in [0.2, 0.25) is 0 Å². The molecule has 0 aliphatic rings. The van der Waals surface area contributed by atoms with Crippen molar-refractivity contribution in [3.8, 4) is 11.8 Å². The Morgan fingerprint density at radius 3 is 2.21 bits per heavy atom. The first kappa shape index (κ1) is 13.6. The summed E-state index contributed by atoms with van der Waals surface area (Å²) in [6, 6.07) is 3.81. The minimum Gasteiger partial charge on any atom is -0.481 e. The fourth-order valence-electron chi connectivity index (χ4n) is 1.60. The summed E-state index contributed by atoms with van der Waals surface area (Å²) >= 11 is 1.77. The maximum Gasteiger partial charge on any atom is 0.229 e. The Hall–Kier alpha value is -1.82. The van der Waals surface area contributed by atoms with Crippen molar-refractivity contribution in [1.82, 2.24) is 9.97 Å². The van der Waals surface area contributed by atoms with E-state index < -0.39 is 0 Å². The summed E-state index contributed by atoms with van der Waals surface area (Å²) < 4.78 is 10.2. The van der Waals surface area contributed by atoms with E-state index in [-0.39, 0.29) is 0 Å². The van der Waals surface area contributed by atoms with Gasteiger partial charge in [-0.2, -0.15) is 9.97 Å². The third kappa shape index (κ3) is 3.35. The second kappa shape index (κ2) is 5.88. The summed E-state index contributed by atoms with van der Waals surface area (Å²) in [7, 11) is 3.13. The number of thiophene rings is 1. The average molecular weight is 279 g/mol. The number of nitrogens with one attached hydrogen (secondary N) is 1. The van der Waals surface area contributed by atoms with Crippen molar-refractivity contribution in [1.29, 1.82) is 0 Å². The summed E-state index contributed by atoms with van der Waals surface area (Å²) in [6.45, 7) is 4.92. The van der Waals surface area contributed by atoms with Gasteiger partial charge in [-0.3, -0.25) is 0 Å². The molecule has 0 spiro atoms. The minimum absolute atomic E-state index is 0.480. The first-order valence-corrected chi connectivity index (χ1v) is 6.71. The maximum atomic E-state index is 5.10. The Bertz CT molecular complexity index is 527. The molecule has 0 saturated heterocycles. The van der Waals surface area contributed by atoms with Crippen LogP contribution in [0.15, 0.2) is 12.1 Å². The fourth-order valence-corrected chi connectivity index (χ4v) is 2.59. The molecule has 19 heavy (non-hydrogen) atoms. The van der Waals surface area contributed by atoms with Gasteiger partial charge in [0.25, 0.3) is 0 Å². The number of hydrogen-bond acceptors (Lipinski definition) is 6. The summed E-state index contributed by atoms with van der Waals surface area (Å²) in [5.74, 6) is 1.46. The van der Waals surface area contributed by atoms with Gasteiger partial charge in [0.05, 0.1) is 26.8 Å². The summed E-state index contributed by atoms with van der Waals surface area (Å²) in [5, 5.41) is 3.18. The van der Waals surface area contributed by atoms with Crippen LogP contribution < -0.4 is 14.8 Å². The third-order valence-corrected chi connectivity index (χ3v) is 3.89. The average Bonchev–Trinajstić information content (AvgIpc) is 2.75. The molecule has 6 heteroatoms. The normalized spacial score (nSPS) is 10.3. The van der Waals surface area contributed by atoms with Gasteiger partial charge in [-0.1, -0.05) is 0 Å². The van der Waals surface area contributed by atoms with Crippen molar-refractivity contribution in [2.24, 2.45) is 0 Å². The molecule has 2 rings (SSSR count). The highest BCUT2D eigenvalue weighted by atomic mass is 32.1. The molecule has 0 amide bonds. The Balaban J connectivity index is 2.10. The molecule has 2 aromatic heterocycles. The van der Waals surface area contributed by atoms with Gasteiger partial charge in [0, 0.05) is 9.75 Å². The standard InChI is InChI=1S/C13H17N3O2S/c1-8-5-10(19-9(8)2)7-14-13-15-11(17-3)6-12(16-13)18-4/h5-6H,7H2,1-4H3,(H,14,15,16). The lowest BCUT2D eigenvalue weighted by Gasteiger charge is -2.07. The van der Waals surface area contributed by atoms with Crippen molar-refractivity contribution in [3.05, 3.63) is 27.5 Å². The molecule has 0 saturated carbocycles. The Kier molecular flexibility index (Phi) is 4.21. The Morgan fingerprint density at radius 2 is 1.74 bits per heavy atom. The topological polar surface area (TPSA) is 56.3 Å². The molecule has 1 N–H and O–H groups in total. The van der Waals surface area contributed by atoms with Crippen molar-refractivity contribution in [2.75, 3.05) is 19.5 Å². The number of aromatic nitrogens is 2. The highest BCUT2D eigenvalue weighted by Gasteiger charge is 2.06. The van der Waals surface area contributed by atoms with Crippen LogP contribution >= 0.6 is 11.3 Å². The van der Waals surface area contributed by atoms with Crippen LogP contribution in [0.3, 0.4) is 0 Å². The molecule has 0 atom stereocenters. The van der Waals surface area contributed by atoms with E-state index in [1.165, 1.54) is 15.3 Å². The van der Waals surface area contributed by atoms with Crippen molar-refractivity contribution in [3.63, 3.8) is 0 Å². The molecule has 2 heterocycles. The third-order valence-electron chi connectivity index (χ3n) is 2.74. The molecule has 2 aromatic rings. The molecule has 0 radical (unpaired) electrons. The minimum atomic E-state index is 0.480. The highest BCUT2D eigenvalue weighted by Crippen LogP contribution is 2.22. The largest absolute Gasteiger partial charge is 0.481 e. The Morgan fingerprint density at radius 1 is 1.11 bits per heavy atom. The number of anilines is 1. The van der Waals surface area contributed by atoms with Gasteiger partial charge in [0.2, 0.25) is 17.7 Å². The fraction of sp³-hybridized carbons (Fsp3) is 0.385. The highest BCUT2D eigenvalue weighted by molar-refractivity contribution is 7.12. The quantitative estimate of drug-likeness (QED) is 0.912. The maximum absolute atomic E-state index is 5.10. The number of ether oxygens (including phenoxy) is 2. The van der Waals surface area contributed by atoms with E-state index in [0.29, 0.717) is 24.3 Å². The van der Waals surface area contributed by atoms with Crippen molar-refractivity contribution in [2.45, 2.75) is 20.4 Å². The van der Waals surface area contributed by atoms with Crippen LogP contribution in [-0.4, -0.2) is 24.2 Å². The number of rotatable bonds is 5. The SMILES string of the molecule is COc1cc(OC)nc(NCc2cc(C)c(C)s2)n1. The number of methoxy groups -OCH3 is 2. The van der Waals surface area contributed by atoms with Gasteiger partial charge >= 0.3 is 0 Å². The molecule has 0 aliphatic carbocycles. The summed E-state index contributed by atoms with van der Waals surface area (Å²) in [6.07, 6.45) is 0. The van der Waals surface area contributed by atoms with E-state index in [0.717, 1.165) is 0 Å². The molecule has 0 fully saturated rings. The smallest absolute Gasteiger partial charge is 0.229 e. The van der Waals surface area contributed by atoms with Gasteiger partial charge in [-0.05, 0) is 25.5 Å². The molecule has 0 aromatic carbocycles. The molecule has 102 valence electrons. The van der Waals surface area contributed by atoms with E-state index >= 15 is 0 Å². The molecule has 5 nitrogen and oxygen atoms in total. The van der Waals surface area contributed by atoms with Gasteiger partial charge in [0.1, 0.15) is 0 Å². The van der Waals surface area contributed by atoms with Crippen LogP contribution in [-0.2, 0) is 6.54 Å². The summed E-state index contributed by atoms with van der Waals surface area (Å²) in [5.41, 5.74) is 1.31. The van der Waals surface area contributed by atoms with Gasteiger partial charge in [-0.25, -0.2) is 0 Å². The Labute approximate surface area is 116 Å². The van der Waals surface area contributed by atoms with E-state index in [1.54, 1.807) is 31.6 Å². The van der Waals surface area contributed by atoms with Crippen molar-refractivity contribution >= 4 is 17.3 Å². The predicted octanol–water partition coefficient (Wildman–Crippen LogP) is 2.78. The zero-order chi connectivity index (χ0) is 13.8. The molecular formula is C13H17N3O2S. The zero-order valence-corrected chi connectivity index (χ0v) is 12.3. The monoisotopic (exact) mass is 279 g/mol. The van der Waals surface area contributed by atoms with E-state index in [9.17, 15) is 0 Å². The zero-order valence-electron chi connectivity index (χ0n) is 11.5. The number of aryl methyl sites for hydroxylation is 2. The van der Waals surface area contributed by atoms with Crippen LogP contribution in [0.25, 0.3) is 0 Å². The second-order valence-electron chi connectivity index (χ2n) is 4.08.